The Labute approximate surface area is 93.6 Å². The number of fused-ring (bicyclic) bond motifs is 1. The van der Waals surface area contributed by atoms with Crippen molar-refractivity contribution < 1.29 is 0 Å². The second kappa shape index (κ2) is 3.58. The summed E-state index contributed by atoms with van der Waals surface area (Å²) >= 11 is 1.86. The van der Waals surface area contributed by atoms with E-state index in [0.717, 1.165) is 5.52 Å². The molecule has 0 spiro atoms. The summed E-state index contributed by atoms with van der Waals surface area (Å²) in [5.41, 5.74) is 1.16. The zero-order valence-corrected chi connectivity index (χ0v) is 9.63. The monoisotopic (exact) mass is 218 g/mol. The molecule has 0 radical (unpaired) electrons. The lowest BCUT2D eigenvalue weighted by molar-refractivity contribution is 0.411. The van der Waals surface area contributed by atoms with E-state index in [1.54, 1.807) is 0 Å². The minimum absolute atomic E-state index is 0.660. The van der Waals surface area contributed by atoms with Crippen LogP contribution in [0.1, 0.15) is 17.3 Å². The first-order chi connectivity index (χ1) is 7.33. The Morgan fingerprint density at radius 2 is 2.27 bits per heavy atom. The number of thiazole rings is 1. The standard InChI is InChI=1S/C12H14N2S/c1-14-7-6-9(8-14)12-13-10-4-2-3-5-11(10)15-12/h2-5,9H,6-8H2,1H3. The second-order valence-corrected chi connectivity index (χ2v) is 5.33. The smallest absolute Gasteiger partial charge is 0.0982 e. The fraction of sp³-hybridized carbons (Fsp3) is 0.417. The fourth-order valence-electron chi connectivity index (χ4n) is 2.20. The molecule has 1 unspecified atom stereocenters. The minimum atomic E-state index is 0.660. The molecule has 0 aliphatic carbocycles. The summed E-state index contributed by atoms with van der Waals surface area (Å²) in [6, 6.07) is 8.42. The van der Waals surface area contributed by atoms with E-state index in [2.05, 4.69) is 36.2 Å². The van der Waals surface area contributed by atoms with E-state index in [-0.39, 0.29) is 0 Å². The molecule has 0 amide bonds. The third-order valence-corrected chi connectivity index (χ3v) is 4.25. The molecule has 1 fully saturated rings. The highest BCUT2D eigenvalue weighted by Gasteiger charge is 2.23. The second-order valence-electron chi connectivity index (χ2n) is 4.27. The molecule has 1 aliphatic heterocycles. The zero-order chi connectivity index (χ0) is 10.3. The predicted octanol–water partition coefficient (Wildman–Crippen LogP) is 2.72. The molecule has 78 valence electrons. The van der Waals surface area contributed by atoms with Crippen molar-refractivity contribution in [1.29, 1.82) is 0 Å². The van der Waals surface area contributed by atoms with Gasteiger partial charge in [-0.3, -0.25) is 0 Å². The van der Waals surface area contributed by atoms with Gasteiger partial charge >= 0.3 is 0 Å². The van der Waals surface area contributed by atoms with E-state index in [1.165, 1.54) is 29.2 Å². The average Bonchev–Trinajstić information content (AvgIpc) is 2.82. The van der Waals surface area contributed by atoms with Crippen molar-refractivity contribution in [3.05, 3.63) is 29.3 Å². The van der Waals surface area contributed by atoms with Crippen LogP contribution in [0.3, 0.4) is 0 Å². The van der Waals surface area contributed by atoms with Crippen LogP contribution in [0.5, 0.6) is 0 Å². The first-order valence-corrected chi connectivity index (χ1v) is 6.18. The van der Waals surface area contributed by atoms with E-state index in [4.69, 9.17) is 4.98 Å². The van der Waals surface area contributed by atoms with E-state index >= 15 is 0 Å². The number of likely N-dealkylation sites (tertiary alicyclic amines) is 1. The van der Waals surface area contributed by atoms with Gasteiger partial charge in [0.1, 0.15) is 0 Å². The van der Waals surface area contributed by atoms with Crippen molar-refractivity contribution in [2.75, 3.05) is 20.1 Å². The van der Waals surface area contributed by atoms with Crippen LogP contribution in [0.4, 0.5) is 0 Å². The number of likely N-dealkylation sites (N-methyl/N-ethyl adjacent to an activating group) is 1. The lowest BCUT2D eigenvalue weighted by Gasteiger charge is -2.06. The quantitative estimate of drug-likeness (QED) is 0.731. The molecule has 15 heavy (non-hydrogen) atoms. The molecule has 1 aromatic heterocycles. The van der Waals surface area contributed by atoms with E-state index < -0.39 is 0 Å². The molecule has 1 aliphatic rings. The molecule has 2 aromatic rings. The van der Waals surface area contributed by atoms with E-state index in [9.17, 15) is 0 Å². The van der Waals surface area contributed by atoms with Crippen LogP contribution in [0.25, 0.3) is 10.2 Å². The Bertz CT molecular complexity index is 444. The minimum Gasteiger partial charge on any atom is -0.306 e. The highest BCUT2D eigenvalue weighted by Crippen LogP contribution is 2.32. The Balaban J connectivity index is 1.98. The van der Waals surface area contributed by atoms with Crippen LogP contribution >= 0.6 is 11.3 Å². The topological polar surface area (TPSA) is 16.1 Å². The summed E-state index contributed by atoms with van der Waals surface area (Å²) < 4.78 is 1.32. The third-order valence-electron chi connectivity index (χ3n) is 3.05. The summed E-state index contributed by atoms with van der Waals surface area (Å²) in [5, 5.41) is 1.32. The highest BCUT2D eigenvalue weighted by atomic mass is 32.1. The molecule has 0 N–H and O–H groups in total. The lowest BCUT2D eigenvalue weighted by Crippen LogP contribution is -2.13. The first kappa shape index (κ1) is 9.31. The van der Waals surface area contributed by atoms with Crippen molar-refractivity contribution in [2.45, 2.75) is 12.3 Å². The van der Waals surface area contributed by atoms with Gasteiger partial charge in [0.15, 0.2) is 0 Å². The highest BCUT2D eigenvalue weighted by molar-refractivity contribution is 7.18. The maximum atomic E-state index is 4.72. The van der Waals surface area contributed by atoms with Gasteiger partial charge in [0.25, 0.3) is 0 Å². The van der Waals surface area contributed by atoms with Crippen LogP contribution in [0.15, 0.2) is 24.3 Å². The van der Waals surface area contributed by atoms with Gasteiger partial charge in [-0.1, -0.05) is 12.1 Å². The molecule has 1 aromatic carbocycles. The van der Waals surface area contributed by atoms with Crippen molar-refractivity contribution >= 4 is 21.6 Å². The Morgan fingerprint density at radius 1 is 1.40 bits per heavy atom. The molecule has 1 atom stereocenters. The number of rotatable bonds is 1. The van der Waals surface area contributed by atoms with Gasteiger partial charge in [-0.05, 0) is 32.1 Å². The summed E-state index contributed by atoms with van der Waals surface area (Å²) in [7, 11) is 2.19. The van der Waals surface area contributed by atoms with Crippen LogP contribution in [-0.2, 0) is 0 Å². The number of nitrogens with zero attached hydrogens (tertiary/aromatic N) is 2. The number of hydrogen-bond donors (Lipinski definition) is 0. The summed E-state index contributed by atoms with van der Waals surface area (Å²) in [6.45, 7) is 2.38. The maximum Gasteiger partial charge on any atom is 0.0982 e. The van der Waals surface area contributed by atoms with Crippen LogP contribution in [0, 0.1) is 0 Å². The van der Waals surface area contributed by atoms with E-state index in [1.807, 2.05) is 11.3 Å². The summed E-state index contributed by atoms with van der Waals surface area (Å²) in [6.07, 6.45) is 1.26. The van der Waals surface area contributed by atoms with Crippen molar-refractivity contribution in [2.24, 2.45) is 0 Å². The Hall–Kier alpha value is -0.930. The normalized spacial score (nSPS) is 22.6. The van der Waals surface area contributed by atoms with Crippen molar-refractivity contribution in [3.8, 4) is 0 Å². The molecule has 3 heteroatoms. The lowest BCUT2D eigenvalue weighted by atomic mass is 10.1. The Morgan fingerprint density at radius 3 is 3.00 bits per heavy atom. The fourth-order valence-corrected chi connectivity index (χ4v) is 3.29. The average molecular weight is 218 g/mol. The largest absolute Gasteiger partial charge is 0.306 e. The molecular formula is C12H14N2S. The van der Waals surface area contributed by atoms with Gasteiger partial charge in [0.2, 0.25) is 0 Å². The van der Waals surface area contributed by atoms with Crippen LogP contribution in [-0.4, -0.2) is 30.0 Å². The molecule has 2 heterocycles. The SMILES string of the molecule is CN1CCC(c2nc3ccccc3s2)C1. The van der Waals surface area contributed by atoms with Crippen LogP contribution < -0.4 is 0 Å². The number of aromatic nitrogens is 1. The summed E-state index contributed by atoms with van der Waals surface area (Å²) in [4.78, 5) is 7.11. The van der Waals surface area contributed by atoms with Gasteiger partial charge in [-0.2, -0.15) is 0 Å². The zero-order valence-electron chi connectivity index (χ0n) is 8.81. The van der Waals surface area contributed by atoms with Gasteiger partial charge in [-0.15, -0.1) is 11.3 Å². The molecule has 2 nitrogen and oxygen atoms in total. The van der Waals surface area contributed by atoms with Gasteiger partial charge in [0.05, 0.1) is 15.2 Å². The van der Waals surface area contributed by atoms with Gasteiger partial charge in [0, 0.05) is 12.5 Å². The summed E-state index contributed by atoms with van der Waals surface area (Å²) in [5.74, 6) is 0.660. The number of benzene rings is 1. The number of para-hydroxylation sites is 1. The van der Waals surface area contributed by atoms with E-state index in [0.29, 0.717) is 5.92 Å². The molecule has 0 saturated carbocycles. The van der Waals surface area contributed by atoms with Crippen molar-refractivity contribution in [1.82, 2.24) is 9.88 Å². The van der Waals surface area contributed by atoms with Gasteiger partial charge < -0.3 is 4.90 Å². The van der Waals surface area contributed by atoms with Crippen molar-refractivity contribution in [3.63, 3.8) is 0 Å². The Kier molecular flexibility index (Phi) is 2.22. The molecule has 0 bridgehead atoms. The molecule has 1 saturated heterocycles. The first-order valence-electron chi connectivity index (χ1n) is 5.37. The van der Waals surface area contributed by atoms with Gasteiger partial charge in [-0.25, -0.2) is 4.98 Å². The molecular weight excluding hydrogens is 204 g/mol. The molecule has 3 rings (SSSR count). The maximum absolute atomic E-state index is 4.72. The van der Waals surface area contributed by atoms with Crippen LogP contribution in [0.2, 0.25) is 0 Å². The third kappa shape index (κ3) is 1.66. The number of hydrogen-bond acceptors (Lipinski definition) is 3. The predicted molar refractivity (Wildman–Crippen MR) is 64.5 cm³/mol.